The van der Waals surface area contributed by atoms with Gasteiger partial charge in [0.25, 0.3) is 0 Å². The highest BCUT2D eigenvalue weighted by Crippen LogP contribution is 2.29. The molecule has 0 spiro atoms. The average Bonchev–Trinajstić information content (AvgIpc) is 2.67. The predicted octanol–water partition coefficient (Wildman–Crippen LogP) is 1.67. The first-order chi connectivity index (χ1) is 12.2. The van der Waals surface area contributed by atoms with Crippen LogP contribution in [-0.4, -0.2) is 87.3 Å². The third kappa shape index (κ3) is 4.73. The second-order valence-electron chi connectivity index (χ2n) is 7.40. The van der Waals surface area contributed by atoms with E-state index >= 15 is 0 Å². The fraction of sp³-hybridized carbons (Fsp3) is 0.700. The summed E-state index contributed by atoms with van der Waals surface area (Å²) in [6, 6.07) is 9.73. The number of hydrogen-bond donors (Lipinski definition) is 1. The monoisotopic (exact) mass is 346 g/mol. The van der Waals surface area contributed by atoms with Crippen molar-refractivity contribution in [2.45, 2.75) is 25.4 Å². The van der Waals surface area contributed by atoms with Crippen molar-refractivity contribution in [3.05, 3.63) is 29.8 Å². The van der Waals surface area contributed by atoms with Gasteiger partial charge in [-0.15, -0.1) is 0 Å². The third-order valence-corrected chi connectivity index (χ3v) is 5.77. The van der Waals surface area contributed by atoms with E-state index in [0.29, 0.717) is 12.1 Å². The largest absolute Gasteiger partial charge is 0.497 e. The van der Waals surface area contributed by atoms with Gasteiger partial charge in [-0.3, -0.25) is 9.80 Å². The normalized spacial score (nSPS) is 25.0. The molecule has 1 aromatic carbocycles. The molecule has 1 aromatic rings. The number of methoxy groups -OCH3 is 1. The van der Waals surface area contributed by atoms with E-state index in [1.54, 1.807) is 7.11 Å². The zero-order valence-electron chi connectivity index (χ0n) is 16.1. The van der Waals surface area contributed by atoms with Gasteiger partial charge in [0, 0.05) is 64.4 Å². The summed E-state index contributed by atoms with van der Waals surface area (Å²) in [4.78, 5) is 7.79. The maximum absolute atomic E-state index is 5.50. The Hall–Kier alpha value is -1.14. The number of rotatable bonds is 6. The maximum Gasteiger partial charge on any atom is 0.119 e. The van der Waals surface area contributed by atoms with E-state index in [1.807, 2.05) is 6.07 Å². The minimum Gasteiger partial charge on any atom is -0.497 e. The van der Waals surface area contributed by atoms with Crippen LogP contribution in [0.2, 0.25) is 0 Å². The third-order valence-electron chi connectivity index (χ3n) is 5.77. The smallest absolute Gasteiger partial charge is 0.119 e. The summed E-state index contributed by atoms with van der Waals surface area (Å²) in [5.41, 5.74) is 1.39. The number of likely N-dealkylation sites (N-methyl/N-ethyl adjacent to an activating group) is 1. The summed E-state index contributed by atoms with van der Waals surface area (Å²) in [6.45, 7) is 11.4. The van der Waals surface area contributed by atoms with Gasteiger partial charge >= 0.3 is 0 Å². The molecule has 0 radical (unpaired) electrons. The molecule has 2 unspecified atom stereocenters. The maximum atomic E-state index is 5.50. The van der Waals surface area contributed by atoms with Crippen LogP contribution in [-0.2, 0) is 0 Å². The molecule has 2 aliphatic heterocycles. The van der Waals surface area contributed by atoms with Gasteiger partial charge in [-0.25, -0.2) is 0 Å². The van der Waals surface area contributed by atoms with Crippen molar-refractivity contribution in [1.82, 2.24) is 20.0 Å². The Morgan fingerprint density at radius 3 is 2.72 bits per heavy atom. The highest BCUT2D eigenvalue weighted by atomic mass is 16.5. The average molecular weight is 347 g/mol. The van der Waals surface area contributed by atoms with E-state index in [4.69, 9.17) is 4.74 Å². The van der Waals surface area contributed by atoms with Gasteiger partial charge in [0.05, 0.1) is 7.11 Å². The molecule has 1 N–H and O–H groups in total. The Kier molecular flexibility index (Phi) is 6.70. The van der Waals surface area contributed by atoms with Gasteiger partial charge < -0.3 is 15.0 Å². The summed E-state index contributed by atoms with van der Waals surface area (Å²) in [5, 5.41) is 3.57. The van der Waals surface area contributed by atoms with E-state index in [-0.39, 0.29) is 0 Å². The molecule has 2 aliphatic rings. The van der Waals surface area contributed by atoms with Crippen LogP contribution >= 0.6 is 0 Å². The van der Waals surface area contributed by atoms with Crippen molar-refractivity contribution >= 4 is 0 Å². The van der Waals surface area contributed by atoms with Gasteiger partial charge in [-0.1, -0.05) is 19.1 Å². The van der Waals surface area contributed by atoms with Crippen LogP contribution in [0.4, 0.5) is 0 Å². The topological polar surface area (TPSA) is 31.0 Å². The number of piperazine rings is 2. The van der Waals surface area contributed by atoms with Crippen LogP contribution in [0, 0.1) is 0 Å². The molecule has 2 heterocycles. The van der Waals surface area contributed by atoms with Gasteiger partial charge in [-0.05, 0) is 31.2 Å². The highest BCUT2D eigenvalue weighted by Gasteiger charge is 2.31. The predicted molar refractivity (Wildman–Crippen MR) is 103 cm³/mol. The lowest BCUT2D eigenvalue weighted by molar-refractivity contribution is 0.0587. The van der Waals surface area contributed by atoms with Crippen LogP contribution in [0.1, 0.15) is 24.9 Å². The molecule has 25 heavy (non-hydrogen) atoms. The van der Waals surface area contributed by atoms with Crippen LogP contribution in [0.3, 0.4) is 0 Å². The summed E-state index contributed by atoms with van der Waals surface area (Å²) >= 11 is 0. The molecular weight excluding hydrogens is 312 g/mol. The van der Waals surface area contributed by atoms with E-state index < -0.39 is 0 Å². The Morgan fingerprint density at radius 2 is 2.00 bits per heavy atom. The lowest BCUT2D eigenvalue weighted by atomic mass is 9.99. The zero-order valence-corrected chi connectivity index (χ0v) is 16.1. The van der Waals surface area contributed by atoms with Crippen molar-refractivity contribution in [2.24, 2.45) is 0 Å². The van der Waals surface area contributed by atoms with E-state index in [2.05, 4.69) is 52.2 Å². The van der Waals surface area contributed by atoms with Gasteiger partial charge in [0.1, 0.15) is 5.75 Å². The van der Waals surface area contributed by atoms with Crippen LogP contribution in [0.25, 0.3) is 0 Å². The second-order valence-corrected chi connectivity index (χ2v) is 7.40. The van der Waals surface area contributed by atoms with Crippen LogP contribution in [0.5, 0.6) is 5.75 Å². The molecule has 2 atom stereocenters. The molecule has 0 aliphatic carbocycles. The Morgan fingerprint density at radius 1 is 1.20 bits per heavy atom. The van der Waals surface area contributed by atoms with E-state index in [1.165, 1.54) is 38.2 Å². The molecular formula is C20H34N4O. The fourth-order valence-corrected chi connectivity index (χ4v) is 4.09. The number of hydrogen-bond acceptors (Lipinski definition) is 5. The van der Waals surface area contributed by atoms with E-state index in [0.717, 1.165) is 31.9 Å². The summed E-state index contributed by atoms with van der Waals surface area (Å²) in [6.07, 6.45) is 1.19. The van der Waals surface area contributed by atoms with Crippen molar-refractivity contribution in [3.63, 3.8) is 0 Å². The highest BCUT2D eigenvalue weighted by molar-refractivity contribution is 5.31. The number of ether oxygens (including phenoxy) is 1. The van der Waals surface area contributed by atoms with E-state index in [9.17, 15) is 0 Å². The molecule has 0 amide bonds. The molecule has 2 fully saturated rings. The standard InChI is InChI=1S/C20H34N4O/c1-4-18-15-21-8-9-24(18)20(16-23-12-10-22(2)11-13-23)17-6-5-7-19(14-17)25-3/h5-7,14,18,20-21H,4,8-13,15-16H2,1-3H3. The fourth-order valence-electron chi connectivity index (χ4n) is 4.09. The molecule has 3 rings (SSSR count). The lowest BCUT2D eigenvalue weighted by Crippen LogP contribution is -2.55. The molecule has 5 nitrogen and oxygen atoms in total. The summed E-state index contributed by atoms with van der Waals surface area (Å²) in [7, 11) is 3.98. The van der Waals surface area contributed by atoms with Gasteiger partial charge in [-0.2, -0.15) is 0 Å². The quantitative estimate of drug-likeness (QED) is 0.847. The van der Waals surface area contributed by atoms with Crippen molar-refractivity contribution in [3.8, 4) is 5.75 Å². The van der Waals surface area contributed by atoms with Crippen molar-refractivity contribution < 1.29 is 4.74 Å². The minimum absolute atomic E-state index is 0.436. The Labute approximate surface area is 152 Å². The number of benzene rings is 1. The zero-order chi connectivity index (χ0) is 17.6. The molecule has 0 bridgehead atoms. The SMILES string of the molecule is CCC1CNCCN1C(CN1CCN(C)CC1)c1cccc(OC)c1. The van der Waals surface area contributed by atoms with Gasteiger partial charge in [0.15, 0.2) is 0 Å². The molecule has 0 aromatic heterocycles. The minimum atomic E-state index is 0.436. The number of nitrogens with zero attached hydrogens (tertiary/aromatic N) is 3. The lowest BCUT2D eigenvalue weighted by Gasteiger charge is -2.44. The van der Waals surface area contributed by atoms with Gasteiger partial charge in [0.2, 0.25) is 0 Å². The molecule has 2 saturated heterocycles. The van der Waals surface area contributed by atoms with Crippen molar-refractivity contribution in [1.29, 1.82) is 0 Å². The second kappa shape index (κ2) is 8.99. The summed E-state index contributed by atoms with van der Waals surface area (Å²) < 4.78 is 5.50. The van der Waals surface area contributed by atoms with Crippen molar-refractivity contribution in [2.75, 3.05) is 66.5 Å². The van der Waals surface area contributed by atoms with Crippen LogP contribution < -0.4 is 10.1 Å². The first kappa shape index (κ1) is 18.6. The Bertz CT molecular complexity index is 530. The molecule has 140 valence electrons. The molecule has 0 saturated carbocycles. The molecule has 5 heteroatoms. The van der Waals surface area contributed by atoms with Crippen LogP contribution in [0.15, 0.2) is 24.3 Å². The number of nitrogens with one attached hydrogen (secondary N) is 1. The summed E-state index contributed by atoms with van der Waals surface area (Å²) in [5.74, 6) is 0.962. The first-order valence-electron chi connectivity index (χ1n) is 9.72. The first-order valence-corrected chi connectivity index (χ1v) is 9.72. The Balaban J connectivity index is 1.81.